The van der Waals surface area contributed by atoms with Crippen LogP contribution in [0.1, 0.15) is 222 Å². The molecule has 7 aromatic carbocycles. The second-order valence-corrected chi connectivity index (χ2v) is 33.4. The third-order valence-corrected chi connectivity index (χ3v) is 18.6. The van der Waals surface area contributed by atoms with Crippen molar-refractivity contribution in [2.45, 2.75) is 223 Å². The average molecular weight is 1060 g/mol. The molecular formula is C76H94B2N2. The van der Waals surface area contributed by atoms with E-state index in [0.717, 1.165) is 0 Å². The zero-order valence-corrected chi connectivity index (χ0v) is 54.3. The maximum Gasteiger partial charge on any atom is 0.247 e. The molecule has 2 aliphatic rings. The second kappa shape index (κ2) is 17.4. The van der Waals surface area contributed by atoms with Gasteiger partial charge >= 0.3 is 0 Å². The van der Waals surface area contributed by atoms with Gasteiger partial charge in [0.25, 0.3) is 0 Å². The number of aryl methyl sites for hydroxylation is 2. The van der Waals surface area contributed by atoms with Gasteiger partial charge < -0.3 is 9.13 Å². The van der Waals surface area contributed by atoms with Gasteiger partial charge in [-0.15, -0.1) is 0 Å². The molecule has 0 spiro atoms. The van der Waals surface area contributed by atoms with Gasteiger partial charge in [0, 0.05) is 44.0 Å². The van der Waals surface area contributed by atoms with Crippen LogP contribution < -0.4 is 32.8 Å². The largest absolute Gasteiger partial charge is 0.310 e. The number of benzene rings is 7. The van der Waals surface area contributed by atoms with Crippen molar-refractivity contribution in [3.63, 3.8) is 0 Å². The van der Waals surface area contributed by atoms with E-state index in [2.05, 4.69) is 286 Å². The van der Waals surface area contributed by atoms with Crippen LogP contribution in [0.5, 0.6) is 0 Å². The summed E-state index contributed by atoms with van der Waals surface area (Å²) < 4.78 is 5.46. The quantitative estimate of drug-likeness (QED) is 0.153. The zero-order valence-electron chi connectivity index (χ0n) is 54.3. The van der Waals surface area contributed by atoms with E-state index in [4.69, 9.17) is 0 Å². The first kappa shape index (κ1) is 56.1. The van der Waals surface area contributed by atoms with Crippen LogP contribution in [0.4, 0.5) is 0 Å². The van der Waals surface area contributed by atoms with Crippen molar-refractivity contribution in [3.05, 3.63) is 153 Å². The minimum Gasteiger partial charge on any atom is -0.310 e. The van der Waals surface area contributed by atoms with E-state index >= 15 is 0 Å². The van der Waals surface area contributed by atoms with E-state index in [9.17, 15) is 0 Å². The van der Waals surface area contributed by atoms with Gasteiger partial charge in [-0.1, -0.05) is 237 Å². The number of fused-ring (bicyclic) bond motifs is 10. The van der Waals surface area contributed by atoms with Crippen LogP contribution in [0.25, 0.3) is 55.0 Å². The van der Waals surface area contributed by atoms with Gasteiger partial charge in [-0.05, 0) is 172 Å². The molecule has 0 radical (unpaired) electrons. The predicted molar refractivity (Wildman–Crippen MR) is 356 cm³/mol. The van der Waals surface area contributed by atoms with Crippen molar-refractivity contribution in [1.29, 1.82) is 0 Å². The summed E-state index contributed by atoms with van der Waals surface area (Å²) in [6.07, 6.45) is 0. The summed E-state index contributed by atoms with van der Waals surface area (Å²) in [6.45, 7) is 62.6. The molecule has 0 unspecified atom stereocenters. The van der Waals surface area contributed by atoms with Gasteiger partial charge in [0.05, 0.1) is 11.0 Å². The second-order valence-electron chi connectivity index (χ2n) is 33.4. The molecular weight excluding hydrogens is 962 g/mol. The van der Waals surface area contributed by atoms with Crippen LogP contribution in [0.3, 0.4) is 0 Å². The Kier molecular flexibility index (Phi) is 12.2. The molecule has 0 saturated heterocycles. The van der Waals surface area contributed by atoms with Crippen molar-refractivity contribution in [1.82, 2.24) is 9.13 Å². The Hall–Kier alpha value is -5.73. The first-order chi connectivity index (χ1) is 36.6. The van der Waals surface area contributed by atoms with E-state index in [1.807, 2.05) is 0 Å². The highest BCUT2D eigenvalue weighted by atomic mass is 15.0. The van der Waals surface area contributed by atoms with Crippen LogP contribution in [0.2, 0.25) is 0 Å². The molecule has 2 aromatic heterocycles. The molecule has 2 nitrogen and oxygen atoms in total. The normalized spacial score (nSPS) is 14.6. The summed E-state index contributed by atoms with van der Waals surface area (Å²) in [6, 6.07) is 40.9. The van der Waals surface area contributed by atoms with E-state index < -0.39 is 0 Å². The summed E-state index contributed by atoms with van der Waals surface area (Å²) >= 11 is 0. The molecule has 0 saturated carbocycles. The number of rotatable bonds is 2. The average Bonchev–Trinajstić information content (AvgIpc) is 4.01. The van der Waals surface area contributed by atoms with E-state index in [-0.39, 0.29) is 56.7 Å². The molecule has 0 N–H and O–H groups in total. The lowest BCUT2D eigenvalue weighted by Crippen LogP contribution is -2.63. The molecule has 0 amide bonds. The summed E-state index contributed by atoms with van der Waals surface area (Å²) in [7, 11) is 0. The fourth-order valence-electron chi connectivity index (χ4n) is 14.2. The van der Waals surface area contributed by atoms with E-state index in [1.165, 1.54) is 143 Å². The van der Waals surface area contributed by atoms with Crippen molar-refractivity contribution < 1.29 is 0 Å². The zero-order chi connectivity index (χ0) is 58.6. The van der Waals surface area contributed by atoms with Gasteiger partial charge in [0.2, 0.25) is 13.4 Å². The minimum atomic E-state index is -0.152. The molecule has 0 atom stereocenters. The Morgan fingerprint density at radius 1 is 0.275 bits per heavy atom. The summed E-state index contributed by atoms with van der Waals surface area (Å²) in [5.41, 5.74) is 29.6. The Labute approximate surface area is 483 Å². The number of aromatic nitrogens is 2. The fraction of sp³-hybridized carbons (Fsp3) is 0.447. The standard InChI is InChI=1S/C76H94B2N2/c1-43-31-51-49-35-45(69(3,4)5)27-29-61(49)79-63-42-58-64(41-57(63)77(59(33-43)67(51)79)65-53(73(15,16)17)37-47(71(9,10)11)38-54(65)74(18,19)20)80-62-30-28-46(70(6,7)8)36-50(62)52-32-44(2)34-60(68(52)80)78(58)66-55(75(21,22)23)39-48(72(12,13)14)40-56(66)76(24,25)26/h27-42H,1-26H3. The van der Waals surface area contributed by atoms with Crippen molar-refractivity contribution >= 4 is 89.8 Å². The summed E-state index contributed by atoms with van der Waals surface area (Å²) in [5, 5.41) is 5.38. The fourth-order valence-corrected chi connectivity index (χ4v) is 14.2. The van der Waals surface area contributed by atoms with Crippen molar-refractivity contribution in [2.24, 2.45) is 0 Å². The van der Waals surface area contributed by atoms with Gasteiger partial charge in [-0.25, -0.2) is 0 Å². The molecule has 0 fully saturated rings. The third kappa shape index (κ3) is 8.80. The SMILES string of the molecule is Cc1cc2c3c(c1)c1cc(C(C)(C)C)ccc1n3-c1cc3c(cc1B2c1c(C(C)(C)C)cc(C(C)(C)C)cc1C(C)(C)C)-n1c2ccc(C(C)(C)C)cc2c2cc(C)cc(c21)B3c1c(C(C)(C)C)cc(C(C)(C)C)cc1C(C)(C)C. The molecule has 414 valence electrons. The predicted octanol–water partition coefficient (Wildman–Crippen LogP) is 16.5. The third-order valence-electron chi connectivity index (χ3n) is 18.6. The minimum absolute atomic E-state index is 0.0116. The van der Waals surface area contributed by atoms with Crippen molar-refractivity contribution in [3.8, 4) is 11.4 Å². The highest BCUT2D eigenvalue weighted by molar-refractivity contribution is 7.00. The van der Waals surface area contributed by atoms with Crippen LogP contribution in [-0.2, 0) is 43.3 Å². The van der Waals surface area contributed by atoms with Crippen LogP contribution in [-0.4, -0.2) is 22.6 Å². The number of hydrogen-bond acceptors (Lipinski definition) is 0. The number of nitrogens with zero attached hydrogens (tertiary/aromatic N) is 2. The van der Waals surface area contributed by atoms with Gasteiger partial charge in [0.1, 0.15) is 0 Å². The first-order valence-corrected chi connectivity index (χ1v) is 30.3. The first-order valence-electron chi connectivity index (χ1n) is 30.3. The smallest absolute Gasteiger partial charge is 0.247 e. The van der Waals surface area contributed by atoms with Gasteiger partial charge in [0.15, 0.2) is 0 Å². The molecule has 2 aliphatic heterocycles. The molecule has 11 rings (SSSR count). The summed E-state index contributed by atoms with van der Waals surface area (Å²) in [5.74, 6) is 0. The topological polar surface area (TPSA) is 9.86 Å². The Balaban J connectivity index is 1.42. The molecule has 9 aromatic rings. The lowest BCUT2D eigenvalue weighted by molar-refractivity contribution is 0.552. The van der Waals surface area contributed by atoms with E-state index in [0.29, 0.717) is 0 Å². The Morgan fingerprint density at radius 2 is 0.562 bits per heavy atom. The maximum absolute atomic E-state index is 2.74. The highest BCUT2D eigenvalue weighted by Gasteiger charge is 2.46. The molecule has 0 aliphatic carbocycles. The van der Waals surface area contributed by atoms with Crippen LogP contribution in [0.15, 0.2) is 97.1 Å². The van der Waals surface area contributed by atoms with Crippen LogP contribution in [0, 0.1) is 13.8 Å². The lowest BCUT2D eigenvalue weighted by atomic mass is 9.30. The Bertz CT molecular complexity index is 3750. The maximum atomic E-state index is 2.74. The Morgan fingerprint density at radius 3 is 0.825 bits per heavy atom. The lowest BCUT2D eigenvalue weighted by Gasteiger charge is -2.40. The van der Waals surface area contributed by atoms with Crippen LogP contribution >= 0.6 is 0 Å². The summed E-state index contributed by atoms with van der Waals surface area (Å²) in [4.78, 5) is 0. The van der Waals surface area contributed by atoms with E-state index in [1.54, 1.807) is 0 Å². The molecule has 4 heterocycles. The van der Waals surface area contributed by atoms with Gasteiger partial charge in [-0.3, -0.25) is 0 Å². The highest BCUT2D eigenvalue weighted by Crippen LogP contribution is 2.43. The number of hydrogen-bond donors (Lipinski definition) is 0. The molecule has 80 heavy (non-hydrogen) atoms. The molecule has 4 heteroatoms. The van der Waals surface area contributed by atoms with Crippen molar-refractivity contribution in [2.75, 3.05) is 0 Å². The monoisotopic (exact) mass is 1060 g/mol. The van der Waals surface area contributed by atoms with Gasteiger partial charge in [-0.2, -0.15) is 0 Å². The molecule has 0 bridgehead atoms.